The lowest BCUT2D eigenvalue weighted by Gasteiger charge is -2.36. The molecule has 0 aromatic heterocycles. The number of carbonyl (C=O) groups is 1. The first-order valence-electron chi connectivity index (χ1n) is 7.87. The zero-order valence-electron chi connectivity index (χ0n) is 13.2. The average molecular weight is 349 g/mol. The molecule has 1 aliphatic rings. The lowest BCUT2D eigenvalue weighted by Crippen LogP contribution is -2.91. The smallest absolute Gasteiger partial charge is 0.151 e. The molecule has 120 valence electrons. The Bertz CT molecular complexity index is 637. The predicted molar refractivity (Wildman–Crippen MR) is 93.6 cm³/mol. The fourth-order valence-corrected chi connectivity index (χ4v) is 3.75. The first kappa shape index (κ1) is 16.5. The molecular weight excluding hydrogens is 329 g/mol. The molecule has 1 heterocycles. The molecular formula is C19H20Cl2NO+. The van der Waals surface area contributed by atoms with Gasteiger partial charge in [-0.1, -0.05) is 47.5 Å². The number of piperidine rings is 1. The summed E-state index contributed by atoms with van der Waals surface area (Å²) in [5.41, 5.74) is 2.28. The first-order valence-corrected chi connectivity index (χ1v) is 8.62. The van der Waals surface area contributed by atoms with Crippen LogP contribution in [0.2, 0.25) is 10.0 Å². The van der Waals surface area contributed by atoms with Crippen molar-refractivity contribution in [3.05, 3.63) is 69.7 Å². The molecule has 0 radical (unpaired) electrons. The Hall–Kier alpha value is -1.35. The van der Waals surface area contributed by atoms with E-state index in [1.807, 2.05) is 62.4 Å². The molecule has 2 N–H and O–H groups in total. The van der Waals surface area contributed by atoms with E-state index in [1.54, 1.807) is 0 Å². The number of Topliss-reactive ketones (excluding diaryl/α,β-unsaturated/α-hetero) is 1. The Morgan fingerprint density at radius 3 is 1.43 bits per heavy atom. The Morgan fingerprint density at radius 1 is 0.739 bits per heavy atom. The van der Waals surface area contributed by atoms with E-state index in [0.717, 1.165) is 11.1 Å². The summed E-state index contributed by atoms with van der Waals surface area (Å²) < 4.78 is 0. The van der Waals surface area contributed by atoms with Crippen LogP contribution in [0.1, 0.15) is 37.1 Å². The van der Waals surface area contributed by atoms with Crippen LogP contribution in [-0.4, -0.2) is 5.78 Å². The van der Waals surface area contributed by atoms with E-state index < -0.39 is 0 Å². The number of benzene rings is 2. The van der Waals surface area contributed by atoms with Crippen LogP contribution < -0.4 is 5.32 Å². The molecule has 0 bridgehead atoms. The van der Waals surface area contributed by atoms with Crippen molar-refractivity contribution in [3.63, 3.8) is 0 Å². The Labute approximate surface area is 146 Å². The highest BCUT2D eigenvalue weighted by atomic mass is 35.5. The quantitative estimate of drug-likeness (QED) is 0.866. The largest absolute Gasteiger partial charge is 0.333 e. The van der Waals surface area contributed by atoms with Crippen LogP contribution in [0.5, 0.6) is 0 Å². The Morgan fingerprint density at radius 2 is 1.09 bits per heavy atom. The Kier molecular flexibility index (Phi) is 4.77. The van der Waals surface area contributed by atoms with Crippen LogP contribution in [0.4, 0.5) is 0 Å². The number of ketones is 1. The summed E-state index contributed by atoms with van der Waals surface area (Å²) >= 11 is 12.0. The SMILES string of the molecule is C[C@@H]1C(=O)[C@@H](C)[C@H](c2ccc(Cl)cc2)[NH2+][C@@H]1c1ccc(Cl)cc1. The molecule has 0 saturated carbocycles. The molecule has 0 amide bonds. The molecule has 2 nitrogen and oxygen atoms in total. The van der Waals surface area contributed by atoms with Gasteiger partial charge in [0.15, 0.2) is 5.78 Å². The summed E-state index contributed by atoms with van der Waals surface area (Å²) in [6, 6.07) is 15.8. The fourth-order valence-electron chi connectivity index (χ4n) is 3.49. The second kappa shape index (κ2) is 6.64. The van der Waals surface area contributed by atoms with Crippen molar-refractivity contribution in [2.45, 2.75) is 25.9 Å². The van der Waals surface area contributed by atoms with Crippen molar-refractivity contribution >= 4 is 29.0 Å². The van der Waals surface area contributed by atoms with Crippen LogP contribution in [0.3, 0.4) is 0 Å². The summed E-state index contributed by atoms with van der Waals surface area (Å²) in [6.07, 6.45) is 0. The van der Waals surface area contributed by atoms with E-state index in [4.69, 9.17) is 23.2 Å². The van der Waals surface area contributed by atoms with Crippen molar-refractivity contribution in [2.75, 3.05) is 0 Å². The molecule has 4 atom stereocenters. The maximum Gasteiger partial charge on any atom is 0.151 e. The van der Waals surface area contributed by atoms with Gasteiger partial charge in [0.2, 0.25) is 0 Å². The summed E-state index contributed by atoms with van der Waals surface area (Å²) in [5, 5.41) is 3.74. The second-order valence-corrected chi connectivity index (χ2v) is 7.20. The molecule has 1 fully saturated rings. The maximum absolute atomic E-state index is 12.8. The minimum absolute atomic E-state index is 0.0188. The van der Waals surface area contributed by atoms with Crippen molar-refractivity contribution in [1.29, 1.82) is 0 Å². The van der Waals surface area contributed by atoms with Gasteiger partial charge in [-0.15, -0.1) is 0 Å². The van der Waals surface area contributed by atoms with Crippen LogP contribution in [-0.2, 0) is 4.79 Å². The number of quaternary nitrogens is 1. The van der Waals surface area contributed by atoms with Crippen LogP contribution in [0, 0.1) is 11.8 Å². The third-order valence-electron chi connectivity index (χ3n) is 4.90. The van der Waals surface area contributed by atoms with Gasteiger partial charge in [-0.05, 0) is 38.1 Å². The average Bonchev–Trinajstić information content (AvgIpc) is 2.55. The minimum atomic E-state index is -0.0188. The van der Waals surface area contributed by atoms with Gasteiger partial charge < -0.3 is 5.32 Å². The number of halogens is 2. The van der Waals surface area contributed by atoms with Gasteiger partial charge in [-0.2, -0.15) is 0 Å². The molecule has 1 aliphatic heterocycles. The van der Waals surface area contributed by atoms with Gasteiger partial charge in [-0.3, -0.25) is 4.79 Å². The molecule has 23 heavy (non-hydrogen) atoms. The normalized spacial score (nSPS) is 27.9. The van der Waals surface area contributed by atoms with Crippen molar-refractivity contribution < 1.29 is 10.1 Å². The number of hydrogen-bond acceptors (Lipinski definition) is 1. The number of nitrogens with two attached hydrogens (primary N) is 1. The van der Waals surface area contributed by atoms with Gasteiger partial charge in [0.05, 0.1) is 11.8 Å². The van der Waals surface area contributed by atoms with Gasteiger partial charge in [-0.25, -0.2) is 0 Å². The van der Waals surface area contributed by atoms with Crippen molar-refractivity contribution in [1.82, 2.24) is 0 Å². The van der Waals surface area contributed by atoms with Crippen LogP contribution in [0.25, 0.3) is 0 Å². The fraction of sp³-hybridized carbons (Fsp3) is 0.316. The number of rotatable bonds is 2. The summed E-state index contributed by atoms with van der Waals surface area (Å²) in [7, 11) is 0. The molecule has 0 spiro atoms. The third kappa shape index (κ3) is 3.30. The highest BCUT2D eigenvalue weighted by Gasteiger charge is 2.43. The summed E-state index contributed by atoms with van der Waals surface area (Å²) in [5.74, 6) is 0.275. The van der Waals surface area contributed by atoms with Gasteiger partial charge >= 0.3 is 0 Å². The van der Waals surface area contributed by atoms with E-state index in [2.05, 4.69) is 5.32 Å². The van der Waals surface area contributed by atoms with Crippen molar-refractivity contribution in [2.24, 2.45) is 11.8 Å². The number of carbonyl (C=O) groups excluding carboxylic acids is 1. The monoisotopic (exact) mass is 348 g/mol. The second-order valence-electron chi connectivity index (χ2n) is 6.33. The molecule has 3 rings (SSSR count). The highest BCUT2D eigenvalue weighted by molar-refractivity contribution is 6.30. The standard InChI is InChI=1S/C19H19Cl2NO/c1-11-17(13-3-7-15(20)8-4-13)22-18(12(2)19(11)23)14-5-9-16(21)10-6-14/h3-12,17-18,22H,1-2H3/p+1/t11-,12-,17-,18+/m0/s1. The summed E-state index contributed by atoms with van der Waals surface area (Å²) in [4.78, 5) is 12.8. The number of hydrogen-bond donors (Lipinski definition) is 1. The van der Waals surface area contributed by atoms with Gasteiger partial charge in [0.1, 0.15) is 12.1 Å². The lowest BCUT2D eigenvalue weighted by atomic mass is 9.76. The van der Waals surface area contributed by atoms with E-state index in [9.17, 15) is 4.79 Å². The van der Waals surface area contributed by atoms with Gasteiger partial charge in [0.25, 0.3) is 0 Å². The topological polar surface area (TPSA) is 33.7 Å². The van der Waals surface area contributed by atoms with Crippen LogP contribution >= 0.6 is 23.2 Å². The maximum atomic E-state index is 12.8. The minimum Gasteiger partial charge on any atom is -0.333 e. The molecule has 0 unspecified atom stereocenters. The molecule has 0 aliphatic carbocycles. The lowest BCUT2D eigenvalue weighted by molar-refractivity contribution is -0.748. The Balaban J connectivity index is 1.94. The van der Waals surface area contributed by atoms with Gasteiger partial charge in [0, 0.05) is 21.2 Å². The van der Waals surface area contributed by atoms with Crippen LogP contribution in [0.15, 0.2) is 48.5 Å². The zero-order chi connectivity index (χ0) is 16.6. The molecule has 4 heteroatoms. The van der Waals surface area contributed by atoms with E-state index >= 15 is 0 Å². The summed E-state index contributed by atoms with van der Waals surface area (Å²) in [6.45, 7) is 4.04. The third-order valence-corrected chi connectivity index (χ3v) is 5.40. The van der Waals surface area contributed by atoms with E-state index in [0.29, 0.717) is 15.8 Å². The first-order chi connectivity index (χ1) is 11.0. The zero-order valence-corrected chi connectivity index (χ0v) is 14.7. The van der Waals surface area contributed by atoms with E-state index in [-0.39, 0.29) is 23.9 Å². The predicted octanol–water partition coefficient (Wildman–Crippen LogP) is 4.19. The molecule has 2 aromatic rings. The molecule has 2 aromatic carbocycles. The van der Waals surface area contributed by atoms with E-state index in [1.165, 1.54) is 0 Å². The molecule has 1 saturated heterocycles. The van der Waals surface area contributed by atoms with Crippen molar-refractivity contribution in [3.8, 4) is 0 Å². The highest BCUT2D eigenvalue weighted by Crippen LogP contribution is 2.33.